The summed E-state index contributed by atoms with van der Waals surface area (Å²) in [7, 11) is 0. The van der Waals surface area contributed by atoms with E-state index in [4.69, 9.17) is 4.74 Å². The second kappa shape index (κ2) is 8.09. The Morgan fingerprint density at radius 2 is 1.92 bits per heavy atom. The monoisotopic (exact) mass is 344 g/mol. The number of anilines is 1. The molecule has 1 atom stereocenters. The van der Waals surface area contributed by atoms with E-state index in [-0.39, 0.29) is 12.2 Å². The van der Waals surface area contributed by atoms with Crippen LogP contribution < -0.4 is 10.2 Å². The summed E-state index contributed by atoms with van der Waals surface area (Å²) in [4.78, 5) is 14.3. The van der Waals surface area contributed by atoms with Crippen LogP contribution in [0.1, 0.15) is 22.0 Å². The summed E-state index contributed by atoms with van der Waals surface area (Å²) in [6.07, 6.45) is 0. The third-order valence-corrected chi connectivity index (χ3v) is 4.25. The molecule has 2 N–H and O–H groups in total. The molecule has 1 amide bonds. The molecule has 2 aromatic carbocycles. The Morgan fingerprint density at radius 3 is 2.56 bits per heavy atom. The molecule has 1 heterocycles. The Labute approximate surface area is 146 Å². The van der Waals surface area contributed by atoms with Crippen LogP contribution in [0.5, 0.6) is 0 Å². The lowest BCUT2D eigenvalue weighted by Crippen LogP contribution is -2.37. The molecule has 1 fully saturated rings. The number of rotatable bonds is 5. The minimum Gasteiger partial charge on any atom is -0.394 e. The van der Waals surface area contributed by atoms with Crippen LogP contribution >= 0.6 is 0 Å². The topological polar surface area (TPSA) is 61.8 Å². The smallest absolute Gasteiger partial charge is 0.251 e. The van der Waals surface area contributed by atoms with E-state index in [9.17, 15) is 14.3 Å². The Hall–Kier alpha value is -2.44. The summed E-state index contributed by atoms with van der Waals surface area (Å²) in [6, 6.07) is 13.1. The van der Waals surface area contributed by atoms with Crippen LogP contribution in [-0.4, -0.2) is 43.9 Å². The molecule has 0 aromatic heterocycles. The molecule has 0 aliphatic carbocycles. The van der Waals surface area contributed by atoms with Crippen LogP contribution in [0.25, 0.3) is 0 Å². The number of halogens is 1. The van der Waals surface area contributed by atoms with Crippen molar-refractivity contribution in [3.8, 4) is 0 Å². The van der Waals surface area contributed by atoms with E-state index < -0.39 is 17.8 Å². The Kier molecular flexibility index (Phi) is 5.63. The van der Waals surface area contributed by atoms with Gasteiger partial charge in [-0.3, -0.25) is 4.79 Å². The lowest BCUT2D eigenvalue weighted by Gasteiger charge is -2.29. The van der Waals surface area contributed by atoms with Gasteiger partial charge < -0.3 is 20.1 Å². The van der Waals surface area contributed by atoms with Crippen molar-refractivity contribution in [1.82, 2.24) is 5.32 Å². The molecule has 25 heavy (non-hydrogen) atoms. The molecule has 0 spiro atoms. The first-order chi connectivity index (χ1) is 12.2. The van der Waals surface area contributed by atoms with Gasteiger partial charge in [0.05, 0.1) is 31.5 Å². The van der Waals surface area contributed by atoms with Gasteiger partial charge in [0.15, 0.2) is 0 Å². The number of aliphatic hydroxyl groups is 1. The van der Waals surface area contributed by atoms with Crippen molar-refractivity contribution in [1.29, 1.82) is 0 Å². The van der Waals surface area contributed by atoms with Gasteiger partial charge in [0.2, 0.25) is 0 Å². The number of hydrogen-bond acceptors (Lipinski definition) is 4. The summed E-state index contributed by atoms with van der Waals surface area (Å²) >= 11 is 0. The highest BCUT2D eigenvalue weighted by molar-refractivity contribution is 5.94. The van der Waals surface area contributed by atoms with E-state index in [2.05, 4.69) is 5.32 Å². The van der Waals surface area contributed by atoms with Gasteiger partial charge in [-0.05, 0) is 23.8 Å². The van der Waals surface area contributed by atoms with Gasteiger partial charge in [-0.15, -0.1) is 0 Å². The zero-order chi connectivity index (χ0) is 17.6. The molecule has 0 bridgehead atoms. The van der Waals surface area contributed by atoms with Gasteiger partial charge in [0.1, 0.15) is 5.82 Å². The average Bonchev–Trinajstić information content (AvgIpc) is 2.67. The molecular weight excluding hydrogens is 323 g/mol. The first-order valence-corrected chi connectivity index (χ1v) is 8.28. The highest BCUT2D eigenvalue weighted by atomic mass is 19.1. The van der Waals surface area contributed by atoms with Gasteiger partial charge in [-0.2, -0.15) is 0 Å². The van der Waals surface area contributed by atoms with Gasteiger partial charge in [-0.25, -0.2) is 4.39 Å². The van der Waals surface area contributed by atoms with Crippen LogP contribution in [-0.2, 0) is 4.74 Å². The Balaban J connectivity index is 1.72. The van der Waals surface area contributed by atoms with E-state index in [1.165, 1.54) is 6.07 Å². The second-order valence-corrected chi connectivity index (χ2v) is 5.88. The van der Waals surface area contributed by atoms with Gasteiger partial charge >= 0.3 is 0 Å². The number of morpholine rings is 1. The van der Waals surface area contributed by atoms with Crippen molar-refractivity contribution in [2.75, 3.05) is 37.8 Å². The first-order valence-electron chi connectivity index (χ1n) is 8.28. The van der Waals surface area contributed by atoms with Crippen molar-refractivity contribution in [2.24, 2.45) is 0 Å². The number of nitrogens with zero attached hydrogens (tertiary/aromatic N) is 1. The number of hydrogen-bond donors (Lipinski definition) is 2. The third kappa shape index (κ3) is 4.15. The molecule has 132 valence electrons. The van der Waals surface area contributed by atoms with Crippen molar-refractivity contribution >= 4 is 11.6 Å². The quantitative estimate of drug-likeness (QED) is 0.872. The highest BCUT2D eigenvalue weighted by Crippen LogP contribution is 2.22. The molecule has 6 heteroatoms. The molecule has 1 unspecified atom stereocenters. The highest BCUT2D eigenvalue weighted by Gasteiger charge is 2.19. The fourth-order valence-electron chi connectivity index (χ4n) is 2.87. The van der Waals surface area contributed by atoms with Crippen molar-refractivity contribution in [3.05, 3.63) is 65.5 Å². The van der Waals surface area contributed by atoms with E-state index in [1.807, 2.05) is 35.2 Å². The predicted molar refractivity (Wildman–Crippen MR) is 93.2 cm³/mol. The largest absolute Gasteiger partial charge is 0.394 e. The van der Waals surface area contributed by atoms with E-state index >= 15 is 0 Å². The molecular formula is C19H21FN2O3. The maximum atomic E-state index is 14.4. The summed E-state index contributed by atoms with van der Waals surface area (Å²) in [5.74, 6) is -0.856. The van der Waals surface area contributed by atoms with Gasteiger partial charge in [0.25, 0.3) is 5.91 Å². The Bertz CT molecular complexity index is 718. The van der Waals surface area contributed by atoms with E-state index in [0.29, 0.717) is 32.0 Å². The number of amides is 1. The standard InChI is InChI=1S/C19H21FN2O3/c20-16-12-15(6-7-18(16)22-8-10-25-11-9-22)19(24)21-17(13-23)14-4-2-1-3-5-14/h1-7,12,17,23H,8-11,13H2,(H,21,24). The molecule has 1 aliphatic rings. The molecule has 0 radical (unpaired) electrons. The normalized spacial score (nSPS) is 15.7. The maximum Gasteiger partial charge on any atom is 0.251 e. The number of carbonyl (C=O) groups is 1. The first kappa shape index (κ1) is 17.4. The number of aliphatic hydroxyl groups excluding tert-OH is 1. The predicted octanol–water partition coefficient (Wildman–Crippen LogP) is 2.13. The molecule has 1 saturated heterocycles. The van der Waals surface area contributed by atoms with Gasteiger partial charge in [0, 0.05) is 18.7 Å². The number of ether oxygens (including phenoxy) is 1. The zero-order valence-electron chi connectivity index (χ0n) is 13.8. The number of nitrogens with one attached hydrogen (secondary N) is 1. The second-order valence-electron chi connectivity index (χ2n) is 5.88. The van der Waals surface area contributed by atoms with Crippen LogP contribution in [0.15, 0.2) is 48.5 Å². The third-order valence-electron chi connectivity index (χ3n) is 4.25. The average molecular weight is 344 g/mol. The molecule has 2 aromatic rings. The lowest BCUT2D eigenvalue weighted by molar-refractivity contribution is 0.0915. The van der Waals surface area contributed by atoms with Crippen LogP contribution in [0.4, 0.5) is 10.1 Å². The van der Waals surface area contributed by atoms with Gasteiger partial charge in [-0.1, -0.05) is 30.3 Å². The minimum absolute atomic E-state index is 0.226. The summed E-state index contributed by atoms with van der Waals surface area (Å²) in [5, 5.41) is 12.3. The lowest BCUT2D eigenvalue weighted by atomic mass is 10.1. The number of benzene rings is 2. The molecule has 3 rings (SSSR count). The van der Waals surface area contributed by atoms with Crippen LogP contribution in [0.3, 0.4) is 0 Å². The molecule has 0 saturated carbocycles. The fraction of sp³-hybridized carbons (Fsp3) is 0.316. The van der Waals surface area contributed by atoms with Crippen LogP contribution in [0, 0.1) is 5.82 Å². The minimum atomic E-state index is -0.532. The summed E-state index contributed by atoms with van der Waals surface area (Å²) in [6.45, 7) is 2.16. The maximum absolute atomic E-state index is 14.4. The summed E-state index contributed by atoms with van der Waals surface area (Å²) in [5.41, 5.74) is 1.49. The van der Waals surface area contributed by atoms with Crippen molar-refractivity contribution in [3.63, 3.8) is 0 Å². The zero-order valence-corrected chi connectivity index (χ0v) is 13.8. The molecule has 1 aliphatic heterocycles. The van der Waals surface area contributed by atoms with Crippen molar-refractivity contribution < 1.29 is 19.0 Å². The van der Waals surface area contributed by atoms with Crippen molar-refractivity contribution in [2.45, 2.75) is 6.04 Å². The summed E-state index contributed by atoms with van der Waals surface area (Å²) < 4.78 is 19.7. The van der Waals surface area contributed by atoms with E-state index in [0.717, 1.165) is 5.56 Å². The Morgan fingerprint density at radius 1 is 1.20 bits per heavy atom. The molecule has 5 nitrogen and oxygen atoms in total. The SMILES string of the molecule is O=C(NC(CO)c1ccccc1)c1ccc(N2CCOCC2)c(F)c1. The number of carbonyl (C=O) groups excluding carboxylic acids is 1. The van der Waals surface area contributed by atoms with E-state index in [1.54, 1.807) is 12.1 Å². The fourth-order valence-corrected chi connectivity index (χ4v) is 2.87. The van der Waals surface area contributed by atoms with Crippen LogP contribution in [0.2, 0.25) is 0 Å².